The normalized spacial score (nSPS) is 12.6. The van der Waals surface area contributed by atoms with Gasteiger partial charge in [-0.3, -0.25) is 0 Å². The molecular weight excluding hydrogens is 904 g/mol. The van der Waals surface area contributed by atoms with Gasteiger partial charge in [0.05, 0.1) is 29.3 Å². The zero-order valence-electron chi connectivity index (χ0n) is 40.2. The average molecular weight is 965 g/mol. The molecule has 0 aromatic heterocycles. The molecule has 4 nitrogen and oxygen atoms in total. The first-order valence-corrected chi connectivity index (χ1v) is 23.3. The number of benzene rings is 8. The molecule has 0 atom stereocenters. The predicted octanol–water partition coefficient (Wildman–Crippen LogP) is 14.3. The van der Waals surface area contributed by atoms with Gasteiger partial charge in [0.15, 0.2) is 0 Å². The Labute approximate surface area is 431 Å². The Morgan fingerprint density at radius 2 is 0.603 bits per heavy atom. The molecule has 0 amide bonds. The molecule has 6 heteroatoms. The van der Waals surface area contributed by atoms with E-state index < -0.39 is 7.12 Å². The molecule has 68 heavy (non-hydrogen) atoms. The van der Waals surface area contributed by atoms with Crippen LogP contribution in [0, 0.1) is 30.1 Å². The van der Waals surface area contributed by atoms with Crippen molar-refractivity contribution in [3.05, 3.63) is 268 Å². The summed E-state index contributed by atoms with van der Waals surface area (Å²) in [6.45, 7) is 9.82. The molecule has 0 aliphatic heterocycles. The summed E-state index contributed by atoms with van der Waals surface area (Å²) >= 11 is 0. The van der Waals surface area contributed by atoms with Crippen LogP contribution in [0.25, 0.3) is 22.3 Å². The predicted molar refractivity (Wildman–Crippen MR) is 279 cm³/mol. The van der Waals surface area contributed by atoms with Crippen molar-refractivity contribution in [3.8, 4) is 34.4 Å². The largest absolute Gasteiger partial charge is 0.466 e. The Hall–Kier alpha value is -6.17. The number of nitriles is 2. The molecule has 0 unspecified atom stereocenters. The summed E-state index contributed by atoms with van der Waals surface area (Å²) in [6.07, 6.45) is 2.44. The zero-order chi connectivity index (χ0) is 46.7. The molecule has 4 aliphatic carbocycles. The topological polar surface area (TPSA) is 88.0 Å². The standard InChI is InChI=1S/2C26H18.C3H5N.C2H4BNO2.2C2H6.CH3.Y/c2*1-5-13-22-18(9-1)17-19-10-2-6-14-23(19)26(22)24-15-7-3-11-20(24)21-12-4-8-16-25(21)26;1-2-3-4;4-2-1-3(5)6;2*1-2;;/h2*1-16H,17H2;2H2,1H3;5-6H,1H2;2*1-2H3;1H3;/q;;;;;;-1;. The molecule has 0 saturated carbocycles. The minimum absolute atomic E-state index is 0. The second-order valence-corrected chi connectivity index (χ2v) is 16.0. The molecule has 2 N–H and O–H groups in total. The first kappa shape index (κ1) is 52.8. The van der Waals surface area contributed by atoms with E-state index in [-0.39, 0.29) is 57.3 Å². The van der Waals surface area contributed by atoms with Crippen LogP contribution in [0.5, 0.6) is 0 Å². The fourth-order valence-corrected chi connectivity index (χ4v) is 10.6. The molecule has 0 saturated heterocycles. The quantitative estimate of drug-likeness (QED) is 0.127. The van der Waals surface area contributed by atoms with Crippen LogP contribution in [-0.4, -0.2) is 17.2 Å². The Balaban J connectivity index is 0.000000196. The Morgan fingerprint density at radius 3 is 0.794 bits per heavy atom. The van der Waals surface area contributed by atoms with E-state index in [0.717, 1.165) is 12.8 Å². The van der Waals surface area contributed by atoms with Gasteiger partial charge >= 0.3 is 7.12 Å². The van der Waals surface area contributed by atoms with Crippen LogP contribution in [0.1, 0.15) is 108 Å². The summed E-state index contributed by atoms with van der Waals surface area (Å²) in [7, 11) is -1.46. The number of nitrogens with zero attached hydrogens (tertiary/aromatic N) is 2. The fourth-order valence-electron chi connectivity index (χ4n) is 10.6. The summed E-state index contributed by atoms with van der Waals surface area (Å²) in [6, 6.07) is 75.3. The summed E-state index contributed by atoms with van der Waals surface area (Å²) in [4.78, 5) is 0. The van der Waals surface area contributed by atoms with Crippen LogP contribution in [0.3, 0.4) is 0 Å². The number of fused-ring (bicyclic) bond motifs is 18. The van der Waals surface area contributed by atoms with Crippen molar-refractivity contribution in [3.63, 3.8) is 0 Å². The van der Waals surface area contributed by atoms with Crippen molar-refractivity contribution >= 4 is 7.12 Å². The van der Waals surface area contributed by atoms with Crippen molar-refractivity contribution in [2.45, 2.75) is 71.0 Å². The first-order valence-electron chi connectivity index (χ1n) is 23.3. The third-order valence-electron chi connectivity index (χ3n) is 12.8. The number of hydrogen-bond acceptors (Lipinski definition) is 4. The maximum Gasteiger partial charge on any atom is 0.466 e. The van der Waals surface area contributed by atoms with Crippen molar-refractivity contribution in [1.82, 2.24) is 0 Å². The van der Waals surface area contributed by atoms with Crippen LogP contribution in [-0.2, 0) is 56.4 Å². The van der Waals surface area contributed by atoms with Gasteiger partial charge in [0.25, 0.3) is 0 Å². The summed E-state index contributed by atoms with van der Waals surface area (Å²) in [5, 5.41) is 31.1. The summed E-state index contributed by atoms with van der Waals surface area (Å²) in [5.74, 6) is 0. The van der Waals surface area contributed by atoms with Crippen LogP contribution in [0.4, 0.5) is 0 Å². The van der Waals surface area contributed by atoms with E-state index in [9.17, 15) is 0 Å². The van der Waals surface area contributed by atoms with Crippen LogP contribution >= 0.6 is 0 Å². The molecule has 1 radical (unpaired) electrons. The summed E-state index contributed by atoms with van der Waals surface area (Å²) < 4.78 is 0. The van der Waals surface area contributed by atoms with E-state index in [4.69, 9.17) is 20.6 Å². The molecule has 0 bridgehead atoms. The van der Waals surface area contributed by atoms with Gasteiger partial charge in [0.2, 0.25) is 0 Å². The van der Waals surface area contributed by atoms with E-state index in [1.165, 1.54) is 89.0 Å². The maximum atomic E-state index is 7.89. The smallest absolute Gasteiger partial charge is 0.426 e. The molecule has 337 valence electrons. The van der Waals surface area contributed by atoms with Crippen molar-refractivity contribution in [1.29, 1.82) is 10.5 Å². The van der Waals surface area contributed by atoms with Gasteiger partial charge in [-0.15, -0.1) is 0 Å². The van der Waals surface area contributed by atoms with Crippen LogP contribution in [0.15, 0.2) is 194 Å². The molecule has 0 fully saturated rings. The van der Waals surface area contributed by atoms with Gasteiger partial charge in [-0.2, -0.15) is 10.5 Å². The average Bonchev–Trinajstić information content (AvgIpc) is 3.84. The Kier molecular flexibility index (Phi) is 18.8. The van der Waals surface area contributed by atoms with Gasteiger partial charge in [-0.1, -0.05) is 229 Å². The monoisotopic (exact) mass is 964 g/mol. The zero-order valence-corrected chi connectivity index (χ0v) is 43.1. The fraction of sp³-hybridized carbons (Fsp3) is 0.177. The minimum atomic E-state index is -1.46. The Morgan fingerprint density at radius 1 is 0.397 bits per heavy atom. The molecular formula is C62H60BN2O2Y-. The number of hydrogen-bond donors (Lipinski definition) is 2. The molecule has 12 rings (SSSR count). The van der Waals surface area contributed by atoms with Gasteiger partial charge < -0.3 is 17.5 Å². The van der Waals surface area contributed by atoms with E-state index >= 15 is 0 Å². The van der Waals surface area contributed by atoms with Gasteiger partial charge in [0.1, 0.15) is 0 Å². The van der Waals surface area contributed by atoms with Gasteiger partial charge in [0, 0.05) is 39.1 Å². The maximum absolute atomic E-state index is 7.89. The van der Waals surface area contributed by atoms with Crippen molar-refractivity contribution in [2.24, 2.45) is 0 Å². The summed E-state index contributed by atoms with van der Waals surface area (Å²) in [5.41, 5.74) is 22.3. The van der Waals surface area contributed by atoms with E-state index in [0.29, 0.717) is 6.42 Å². The minimum Gasteiger partial charge on any atom is -0.426 e. The Bertz CT molecular complexity index is 2660. The van der Waals surface area contributed by atoms with Crippen molar-refractivity contribution < 1.29 is 42.8 Å². The van der Waals surface area contributed by atoms with E-state index in [2.05, 4.69) is 194 Å². The first-order chi connectivity index (χ1) is 32.5. The molecule has 2 spiro atoms. The van der Waals surface area contributed by atoms with Crippen LogP contribution in [0.2, 0.25) is 6.32 Å². The molecule has 0 heterocycles. The molecule has 8 aromatic rings. The third kappa shape index (κ3) is 9.22. The van der Waals surface area contributed by atoms with Gasteiger partial charge in [-0.05, 0) is 102 Å². The second-order valence-electron chi connectivity index (χ2n) is 16.0. The molecule has 4 aliphatic rings. The van der Waals surface area contributed by atoms with Crippen LogP contribution < -0.4 is 0 Å². The second kappa shape index (κ2) is 24.2. The van der Waals surface area contributed by atoms with Gasteiger partial charge in [-0.25, -0.2) is 0 Å². The van der Waals surface area contributed by atoms with E-state index in [1.807, 2.05) is 40.7 Å². The number of rotatable bonds is 1. The van der Waals surface area contributed by atoms with E-state index in [1.54, 1.807) is 6.07 Å². The molecule has 8 aromatic carbocycles. The SMILES string of the molecule is CC.CC.CCC#N.N#CCB(O)O.[CH3-].[Y].c1ccc2c(c1)Cc1ccccc1C21c2ccccc2-c2ccccc21.c1ccc2c(c1)Cc1ccccc1C21c2ccccc2-c2ccccc21. The third-order valence-corrected chi connectivity index (χ3v) is 12.8. The van der Waals surface area contributed by atoms with Crippen molar-refractivity contribution in [2.75, 3.05) is 0 Å².